The van der Waals surface area contributed by atoms with Gasteiger partial charge in [-0.05, 0) is 13.8 Å². The lowest BCUT2D eigenvalue weighted by Crippen LogP contribution is -2.09. The summed E-state index contributed by atoms with van der Waals surface area (Å²) in [5.74, 6) is 0. The van der Waals surface area contributed by atoms with E-state index in [9.17, 15) is 13.2 Å². The van der Waals surface area contributed by atoms with Gasteiger partial charge < -0.3 is 4.74 Å². The van der Waals surface area contributed by atoms with E-state index < -0.39 is 11.7 Å². The van der Waals surface area contributed by atoms with E-state index in [1.165, 1.54) is 0 Å². The molecule has 0 aliphatic heterocycles. The highest BCUT2D eigenvalue weighted by atomic mass is 19.4. The quantitative estimate of drug-likeness (QED) is 0.464. The molecule has 0 N–H and O–H groups in total. The molecule has 0 aliphatic rings. The maximum Gasteiger partial charge on any atom is 0.412 e. The lowest BCUT2D eigenvalue weighted by atomic mass is 10.3. The molecule has 0 rings (SSSR count). The van der Waals surface area contributed by atoms with E-state index >= 15 is 0 Å². The molecule has 1 nitrogen and oxygen atoms in total. The minimum absolute atomic E-state index is 0.0296. The number of ether oxygens (including phenoxy) is 1. The summed E-state index contributed by atoms with van der Waals surface area (Å²) < 4.78 is 40.0. The number of alkyl halides is 3. The van der Waals surface area contributed by atoms with Crippen LogP contribution in [0.15, 0.2) is 11.6 Å². The van der Waals surface area contributed by atoms with Gasteiger partial charge in [0.15, 0.2) is 0 Å². The Morgan fingerprint density at radius 1 is 1.45 bits per heavy atom. The lowest BCUT2D eigenvalue weighted by Gasteiger charge is -2.05. The van der Waals surface area contributed by atoms with Gasteiger partial charge in [0.2, 0.25) is 0 Å². The smallest absolute Gasteiger partial charge is 0.378 e. The van der Waals surface area contributed by atoms with E-state index in [0.717, 1.165) is 13.0 Å². The molecule has 0 unspecified atom stereocenters. The summed E-state index contributed by atoms with van der Waals surface area (Å²) in [7, 11) is 0. The molecule has 0 radical (unpaired) electrons. The first-order valence-electron chi connectivity index (χ1n) is 3.30. The van der Waals surface area contributed by atoms with Crippen LogP contribution in [0.3, 0.4) is 0 Å². The number of allylic oxidation sites excluding steroid dienone is 1. The van der Waals surface area contributed by atoms with Crippen molar-refractivity contribution >= 4 is 0 Å². The Labute approximate surface area is 63.8 Å². The predicted molar refractivity (Wildman–Crippen MR) is 36.3 cm³/mol. The molecule has 0 aromatic carbocycles. The molecule has 0 amide bonds. The van der Waals surface area contributed by atoms with Gasteiger partial charge in [-0.2, -0.15) is 13.2 Å². The third-order valence-electron chi connectivity index (χ3n) is 1.16. The first kappa shape index (κ1) is 10.5. The summed E-state index contributed by atoms with van der Waals surface area (Å²) in [6.07, 6.45) is -3.18. The predicted octanol–water partition coefficient (Wildman–Crippen LogP) is 2.53. The molecule has 0 saturated carbocycles. The molecule has 0 aromatic heterocycles. The Morgan fingerprint density at radius 2 is 2.00 bits per heavy atom. The van der Waals surface area contributed by atoms with Gasteiger partial charge in [-0.1, -0.05) is 6.08 Å². The topological polar surface area (TPSA) is 9.23 Å². The van der Waals surface area contributed by atoms with Crippen LogP contribution in [0.2, 0.25) is 0 Å². The van der Waals surface area contributed by atoms with E-state index in [2.05, 4.69) is 0 Å². The molecule has 0 aliphatic carbocycles. The van der Waals surface area contributed by atoms with Crippen LogP contribution in [0, 0.1) is 0 Å². The molecule has 0 saturated heterocycles. The van der Waals surface area contributed by atoms with Gasteiger partial charge >= 0.3 is 6.18 Å². The Bertz CT molecular complexity index is 137. The van der Waals surface area contributed by atoms with Crippen LogP contribution in [-0.2, 0) is 4.74 Å². The number of halogens is 3. The van der Waals surface area contributed by atoms with Crippen molar-refractivity contribution in [3.8, 4) is 0 Å². The molecule has 0 heterocycles. The van der Waals surface area contributed by atoms with Gasteiger partial charge in [-0.25, -0.2) is 0 Å². The van der Waals surface area contributed by atoms with Crippen molar-refractivity contribution in [2.24, 2.45) is 0 Å². The van der Waals surface area contributed by atoms with Crippen LogP contribution in [0.4, 0.5) is 13.2 Å². The van der Waals surface area contributed by atoms with Crippen LogP contribution >= 0.6 is 0 Å². The molecular weight excluding hydrogens is 157 g/mol. The normalized spacial score (nSPS) is 13.7. The molecular formula is C7H11F3O. The molecule has 4 heteroatoms. The van der Waals surface area contributed by atoms with Crippen LogP contribution in [0.25, 0.3) is 0 Å². The number of rotatable bonds is 3. The Morgan fingerprint density at radius 3 is 2.36 bits per heavy atom. The highest BCUT2D eigenvalue weighted by Gasteiger charge is 2.29. The summed E-state index contributed by atoms with van der Waals surface area (Å²) in [5.41, 5.74) is -0.606. The molecule has 0 fully saturated rings. The molecule has 0 atom stereocenters. The zero-order chi connectivity index (χ0) is 8.91. The minimum Gasteiger partial charge on any atom is -0.378 e. The number of hydrogen-bond acceptors (Lipinski definition) is 1. The van der Waals surface area contributed by atoms with E-state index in [-0.39, 0.29) is 6.61 Å². The van der Waals surface area contributed by atoms with Crippen LogP contribution < -0.4 is 0 Å². The number of hydrogen-bond donors (Lipinski definition) is 0. The lowest BCUT2D eigenvalue weighted by molar-refractivity contribution is -0.0919. The van der Waals surface area contributed by atoms with Gasteiger partial charge in [0.25, 0.3) is 0 Å². The summed E-state index contributed by atoms with van der Waals surface area (Å²) in [4.78, 5) is 0. The fourth-order valence-corrected chi connectivity index (χ4v) is 0.418. The van der Waals surface area contributed by atoms with Crippen molar-refractivity contribution in [3.63, 3.8) is 0 Å². The van der Waals surface area contributed by atoms with Gasteiger partial charge in [-0.15, -0.1) is 0 Å². The first-order valence-corrected chi connectivity index (χ1v) is 3.30. The monoisotopic (exact) mass is 168 g/mol. The summed E-state index contributed by atoms with van der Waals surface area (Å²) in [6, 6.07) is 0. The van der Waals surface area contributed by atoms with Crippen molar-refractivity contribution in [1.82, 2.24) is 0 Å². The summed E-state index contributed by atoms with van der Waals surface area (Å²) in [5, 5.41) is 0. The Kier molecular flexibility index (Phi) is 4.18. The Hall–Kier alpha value is -0.510. The van der Waals surface area contributed by atoms with Gasteiger partial charge in [-0.3, -0.25) is 0 Å². The zero-order valence-corrected chi connectivity index (χ0v) is 6.53. The van der Waals surface area contributed by atoms with Crippen molar-refractivity contribution in [2.75, 3.05) is 13.2 Å². The molecule has 66 valence electrons. The third-order valence-corrected chi connectivity index (χ3v) is 1.16. The second kappa shape index (κ2) is 4.38. The van der Waals surface area contributed by atoms with E-state index in [1.54, 1.807) is 6.92 Å². The van der Waals surface area contributed by atoms with Crippen molar-refractivity contribution < 1.29 is 17.9 Å². The zero-order valence-electron chi connectivity index (χ0n) is 6.53. The van der Waals surface area contributed by atoms with Crippen molar-refractivity contribution in [3.05, 3.63) is 11.6 Å². The fraction of sp³-hybridized carbons (Fsp3) is 0.714. The summed E-state index contributed by atoms with van der Waals surface area (Å²) in [6.45, 7) is 3.22. The molecule has 0 spiro atoms. The first-order chi connectivity index (χ1) is 4.98. The third kappa shape index (κ3) is 4.84. The van der Waals surface area contributed by atoms with Crippen molar-refractivity contribution in [1.29, 1.82) is 0 Å². The molecule has 0 aromatic rings. The fourth-order valence-electron chi connectivity index (χ4n) is 0.418. The van der Waals surface area contributed by atoms with Gasteiger partial charge in [0.1, 0.15) is 0 Å². The average molecular weight is 168 g/mol. The maximum absolute atomic E-state index is 11.8. The van der Waals surface area contributed by atoms with Gasteiger partial charge in [0.05, 0.1) is 6.61 Å². The SMILES string of the molecule is CCOC/C=C(\C)C(F)(F)F. The van der Waals surface area contributed by atoms with Crippen LogP contribution in [-0.4, -0.2) is 19.4 Å². The van der Waals surface area contributed by atoms with E-state index in [1.807, 2.05) is 0 Å². The van der Waals surface area contributed by atoms with Crippen LogP contribution in [0.5, 0.6) is 0 Å². The maximum atomic E-state index is 11.8. The minimum atomic E-state index is -4.21. The average Bonchev–Trinajstić information content (AvgIpc) is 1.86. The summed E-state index contributed by atoms with van der Waals surface area (Å²) >= 11 is 0. The highest BCUT2D eigenvalue weighted by Crippen LogP contribution is 2.24. The largest absolute Gasteiger partial charge is 0.412 e. The highest BCUT2D eigenvalue weighted by molar-refractivity contribution is 5.04. The van der Waals surface area contributed by atoms with Crippen LogP contribution in [0.1, 0.15) is 13.8 Å². The second-order valence-corrected chi connectivity index (χ2v) is 2.04. The van der Waals surface area contributed by atoms with E-state index in [0.29, 0.717) is 6.61 Å². The Balaban J connectivity index is 3.81. The molecule has 0 bridgehead atoms. The standard InChI is InChI=1S/C7H11F3O/c1-3-11-5-4-6(2)7(8,9)10/h4H,3,5H2,1-2H3/b6-4+. The van der Waals surface area contributed by atoms with E-state index in [4.69, 9.17) is 4.74 Å². The van der Waals surface area contributed by atoms with Gasteiger partial charge in [0, 0.05) is 12.2 Å². The molecule has 11 heavy (non-hydrogen) atoms. The second-order valence-electron chi connectivity index (χ2n) is 2.04. The van der Waals surface area contributed by atoms with Crippen molar-refractivity contribution in [2.45, 2.75) is 20.0 Å².